The number of benzene rings is 3. The van der Waals surface area contributed by atoms with Crippen LogP contribution in [0, 0.1) is 10.1 Å². The van der Waals surface area contributed by atoms with Crippen LogP contribution in [-0.2, 0) is 4.79 Å². The Bertz CT molecular complexity index is 1040. The lowest BCUT2D eigenvalue weighted by atomic mass is 10.1. The van der Waals surface area contributed by atoms with E-state index >= 15 is 0 Å². The molecule has 7 heteroatoms. The number of anilines is 2. The molecule has 0 fully saturated rings. The van der Waals surface area contributed by atoms with Gasteiger partial charge in [-0.1, -0.05) is 30.3 Å². The second kappa shape index (κ2) is 7.96. The van der Waals surface area contributed by atoms with Gasteiger partial charge in [-0.05, 0) is 35.9 Å². The number of nitro benzene ring substituents is 1. The Morgan fingerprint density at radius 1 is 1.11 bits per heavy atom. The van der Waals surface area contributed by atoms with Crippen molar-refractivity contribution in [1.82, 2.24) is 0 Å². The molecular weight excluding hydrogens is 358 g/mol. The molecule has 3 aromatic carbocycles. The summed E-state index contributed by atoms with van der Waals surface area (Å²) in [6.07, 6.45) is 0. The van der Waals surface area contributed by atoms with E-state index in [1.54, 1.807) is 6.92 Å². The Morgan fingerprint density at radius 2 is 1.82 bits per heavy atom. The number of methoxy groups -OCH3 is 1. The number of nitrogens with zero attached hydrogens (tertiary/aromatic N) is 2. The Balaban J connectivity index is 1.81. The number of non-ortho nitro benzene ring substituents is 1. The normalized spacial score (nSPS) is 11.7. The van der Waals surface area contributed by atoms with Gasteiger partial charge in [0.15, 0.2) is 0 Å². The fourth-order valence-electron chi connectivity index (χ4n) is 2.94. The monoisotopic (exact) mass is 379 g/mol. The van der Waals surface area contributed by atoms with Gasteiger partial charge in [-0.2, -0.15) is 0 Å². The van der Waals surface area contributed by atoms with Crippen LogP contribution in [0.2, 0.25) is 0 Å². The summed E-state index contributed by atoms with van der Waals surface area (Å²) >= 11 is 0. The van der Waals surface area contributed by atoms with E-state index in [-0.39, 0.29) is 17.3 Å². The number of nitro groups is 1. The molecule has 0 unspecified atom stereocenters. The molecule has 0 aliphatic rings. The number of carbonyl (C=O) groups is 1. The first-order valence-electron chi connectivity index (χ1n) is 8.75. The van der Waals surface area contributed by atoms with Crippen LogP contribution < -0.4 is 15.0 Å². The second-order valence-corrected chi connectivity index (χ2v) is 6.45. The first kappa shape index (κ1) is 19.2. The van der Waals surface area contributed by atoms with Gasteiger partial charge in [-0.15, -0.1) is 0 Å². The zero-order valence-electron chi connectivity index (χ0n) is 15.9. The lowest BCUT2D eigenvalue weighted by molar-refractivity contribution is -0.384. The number of likely N-dealkylation sites (N-methyl/N-ethyl adjacent to an activating group) is 1. The molecule has 0 radical (unpaired) electrons. The van der Waals surface area contributed by atoms with E-state index < -0.39 is 11.0 Å². The third kappa shape index (κ3) is 3.88. The van der Waals surface area contributed by atoms with Gasteiger partial charge in [-0.3, -0.25) is 14.9 Å². The van der Waals surface area contributed by atoms with Crippen molar-refractivity contribution in [1.29, 1.82) is 0 Å². The maximum Gasteiger partial charge on any atom is 0.271 e. The molecule has 7 nitrogen and oxygen atoms in total. The molecule has 3 rings (SSSR count). The van der Waals surface area contributed by atoms with Gasteiger partial charge in [0.05, 0.1) is 17.7 Å². The summed E-state index contributed by atoms with van der Waals surface area (Å²) in [5, 5.41) is 16.0. The Morgan fingerprint density at radius 3 is 2.50 bits per heavy atom. The lowest BCUT2D eigenvalue weighted by Gasteiger charge is -2.26. The zero-order chi connectivity index (χ0) is 20.3. The van der Waals surface area contributed by atoms with Crippen LogP contribution in [-0.4, -0.2) is 31.0 Å². The Labute approximate surface area is 162 Å². The summed E-state index contributed by atoms with van der Waals surface area (Å²) in [5.41, 5.74) is 1.04. The molecule has 1 N–H and O–H groups in total. The van der Waals surface area contributed by atoms with Crippen molar-refractivity contribution >= 4 is 33.7 Å². The van der Waals surface area contributed by atoms with Gasteiger partial charge in [0.25, 0.3) is 5.69 Å². The summed E-state index contributed by atoms with van der Waals surface area (Å²) < 4.78 is 5.20. The van der Waals surface area contributed by atoms with Gasteiger partial charge >= 0.3 is 0 Å². The number of hydrogen-bond donors (Lipinski definition) is 1. The molecule has 0 aliphatic heterocycles. The summed E-state index contributed by atoms with van der Waals surface area (Å²) in [4.78, 5) is 25.1. The van der Waals surface area contributed by atoms with Crippen LogP contribution in [0.25, 0.3) is 10.8 Å². The van der Waals surface area contributed by atoms with Gasteiger partial charge in [0, 0.05) is 24.9 Å². The van der Waals surface area contributed by atoms with Gasteiger partial charge in [-0.25, -0.2) is 0 Å². The van der Waals surface area contributed by atoms with Crippen LogP contribution in [0.4, 0.5) is 17.1 Å². The van der Waals surface area contributed by atoms with E-state index in [2.05, 4.69) is 5.32 Å². The average Bonchev–Trinajstić information content (AvgIpc) is 2.72. The van der Waals surface area contributed by atoms with Crippen molar-refractivity contribution < 1.29 is 14.5 Å². The van der Waals surface area contributed by atoms with Crippen molar-refractivity contribution in [2.45, 2.75) is 13.0 Å². The van der Waals surface area contributed by atoms with Gasteiger partial charge in [0.1, 0.15) is 11.8 Å². The molecule has 3 aromatic rings. The van der Waals surface area contributed by atoms with Crippen molar-refractivity contribution in [3.05, 3.63) is 70.8 Å². The van der Waals surface area contributed by atoms with E-state index in [0.29, 0.717) is 5.75 Å². The lowest BCUT2D eigenvalue weighted by Crippen LogP contribution is -2.39. The Kier molecular flexibility index (Phi) is 5.44. The summed E-state index contributed by atoms with van der Waals surface area (Å²) in [6.45, 7) is 1.77. The summed E-state index contributed by atoms with van der Waals surface area (Å²) in [5.74, 6) is 0.0639. The Hall–Kier alpha value is -3.61. The molecule has 28 heavy (non-hydrogen) atoms. The van der Waals surface area contributed by atoms with Crippen molar-refractivity contribution in [2.24, 2.45) is 0 Å². The van der Waals surface area contributed by atoms with Crippen LogP contribution in [0.1, 0.15) is 6.92 Å². The number of rotatable bonds is 6. The van der Waals surface area contributed by atoms with Crippen molar-refractivity contribution in [3.8, 4) is 5.75 Å². The minimum Gasteiger partial charge on any atom is -0.495 e. The van der Waals surface area contributed by atoms with E-state index in [1.165, 1.54) is 25.3 Å². The first-order chi connectivity index (χ1) is 13.4. The fourth-order valence-corrected chi connectivity index (χ4v) is 2.94. The number of amides is 1. The largest absolute Gasteiger partial charge is 0.495 e. The number of ether oxygens (including phenoxy) is 1. The third-order valence-corrected chi connectivity index (χ3v) is 4.75. The number of hydrogen-bond acceptors (Lipinski definition) is 5. The zero-order valence-corrected chi connectivity index (χ0v) is 15.9. The molecule has 0 aliphatic carbocycles. The molecular formula is C21H21N3O4. The highest BCUT2D eigenvalue weighted by Gasteiger charge is 2.21. The molecule has 0 bridgehead atoms. The highest BCUT2D eigenvalue weighted by Crippen LogP contribution is 2.29. The fraction of sp³-hybridized carbons (Fsp3) is 0.190. The van der Waals surface area contributed by atoms with E-state index in [0.717, 1.165) is 16.5 Å². The molecule has 144 valence electrons. The summed E-state index contributed by atoms with van der Waals surface area (Å²) in [6, 6.07) is 17.6. The predicted molar refractivity (Wildman–Crippen MR) is 110 cm³/mol. The van der Waals surface area contributed by atoms with Gasteiger partial charge in [0.2, 0.25) is 5.91 Å². The number of nitrogens with one attached hydrogen (secondary N) is 1. The third-order valence-electron chi connectivity index (χ3n) is 4.75. The molecule has 0 saturated carbocycles. The molecule has 0 heterocycles. The molecule has 0 saturated heterocycles. The van der Waals surface area contributed by atoms with Crippen molar-refractivity contribution in [3.63, 3.8) is 0 Å². The van der Waals surface area contributed by atoms with E-state index in [4.69, 9.17) is 4.74 Å². The smallest absolute Gasteiger partial charge is 0.271 e. The summed E-state index contributed by atoms with van der Waals surface area (Å²) in [7, 11) is 3.28. The van der Waals surface area contributed by atoms with E-state index in [1.807, 2.05) is 54.4 Å². The minimum absolute atomic E-state index is 0.119. The topological polar surface area (TPSA) is 84.7 Å². The highest BCUT2D eigenvalue weighted by atomic mass is 16.6. The average molecular weight is 379 g/mol. The second-order valence-electron chi connectivity index (χ2n) is 6.45. The predicted octanol–water partition coefficient (Wildman–Crippen LogP) is 4.22. The maximum atomic E-state index is 12.8. The quantitative estimate of drug-likeness (QED) is 0.512. The highest BCUT2D eigenvalue weighted by molar-refractivity contribution is 5.98. The molecule has 0 aromatic heterocycles. The van der Waals surface area contributed by atoms with Crippen molar-refractivity contribution in [2.75, 3.05) is 24.4 Å². The molecule has 1 atom stereocenters. The number of carbonyl (C=O) groups excluding carboxylic acids is 1. The van der Waals surface area contributed by atoms with Crippen LogP contribution >= 0.6 is 0 Å². The minimum atomic E-state index is -0.514. The van der Waals surface area contributed by atoms with Crippen LogP contribution in [0.5, 0.6) is 5.75 Å². The van der Waals surface area contributed by atoms with Crippen LogP contribution in [0.15, 0.2) is 60.7 Å². The van der Waals surface area contributed by atoms with Gasteiger partial charge < -0.3 is 15.0 Å². The van der Waals surface area contributed by atoms with E-state index in [9.17, 15) is 14.9 Å². The van der Waals surface area contributed by atoms with Crippen LogP contribution in [0.3, 0.4) is 0 Å². The number of fused-ring (bicyclic) bond motifs is 1. The first-order valence-corrected chi connectivity index (χ1v) is 8.75. The molecule has 0 spiro atoms. The SMILES string of the molecule is COc1ccc([N+](=O)[O-])cc1NC(=O)[C@@H](C)N(C)c1ccc2ccccc2c1. The standard InChI is InChI=1S/C21H21N3O4/c1-14(23(2)17-9-8-15-6-4-5-7-16(15)12-17)21(25)22-19-13-18(24(26)27)10-11-20(19)28-3/h4-14H,1-3H3,(H,22,25)/t14-/m1/s1. The molecule has 1 amide bonds. The maximum absolute atomic E-state index is 12.8.